The fraction of sp³-hybridized carbons (Fsp3) is 0. The minimum Gasteiger partial charge on any atom is -0.384 e. The van der Waals surface area contributed by atoms with Crippen molar-refractivity contribution in [3.8, 4) is 22.4 Å². The van der Waals surface area contributed by atoms with Gasteiger partial charge in [-0.15, -0.1) is 0 Å². The number of aromatic amines is 1. The summed E-state index contributed by atoms with van der Waals surface area (Å²) in [5.74, 6) is 0.579. The summed E-state index contributed by atoms with van der Waals surface area (Å²) in [6.45, 7) is 0. The highest BCUT2D eigenvalue weighted by molar-refractivity contribution is 5.72. The highest BCUT2D eigenvalue weighted by Crippen LogP contribution is 2.25. The molecule has 0 unspecified atom stereocenters. The second-order valence-corrected chi connectivity index (χ2v) is 4.16. The smallest absolute Gasteiger partial charge is 0.119 e. The molecule has 3 aromatic rings. The molecule has 0 aliphatic rings. The first kappa shape index (κ1) is 10.6. The summed E-state index contributed by atoms with van der Waals surface area (Å²) in [6.07, 6.45) is 0. The number of H-pyrrole nitrogens is 1. The summed E-state index contributed by atoms with van der Waals surface area (Å²) in [7, 11) is 0. The third kappa shape index (κ3) is 1.98. The van der Waals surface area contributed by atoms with E-state index in [4.69, 9.17) is 5.73 Å². The van der Waals surface area contributed by atoms with Crippen molar-refractivity contribution in [2.45, 2.75) is 0 Å². The van der Waals surface area contributed by atoms with Gasteiger partial charge in [0.2, 0.25) is 0 Å². The molecule has 3 rings (SSSR count). The maximum Gasteiger partial charge on any atom is 0.119 e. The molecule has 0 radical (unpaired) electrons. The van der Waals surface area contributed by atoms with Gasteiger partial charge >= 0.3 is 0 Å². The van der Waals surface area contributed by atoms with E-state index in [-0.39, 0.29) is 0 Å². The monoisotopic (exact) mass is 235 g/mol. The quantitative estimate of drug-likeness (QED) is 0.715. The van der Waals surface area contributed by atoms with Crippen LogP contribution in [0.5, 0.6) is 0 Å². The predicted octanol–water partition coefficient (Wildman–Crippen LogP) is 3.33. The Morgan fingerprint density at radius 2 is 1.50 bits per heavy atom. The van der Waals surface area contributed by atoms with E-state index in [0.29, 0.717) is 5.82 Å². The van der Waals surface area contributed by atoms with Gasteiger partial charge in [0.25, 0.3) is 0 Å². The number of nitrogens with one attached hydrogen (secondary N) is 1. The zero-order valence-corrected chi connectivity index (χ0v) is 9.80. The normalized spacial score (nSPS) is 10.4. The van der Waals surface area contributed by atoms with Crippen molar-refractivity contribution in [2.24, 2.45) is 0 Å². The molecular weight excluding hydrogens is 222 g/mol. The number of aromatic nitrogens is 2. The van der Waals surface area contributed by atoms with Crippen LogP contribution in [0, 0.1) is 0 Å². The van der Waals surface area contributed by atoms with Crippen molar-refractivity contribution in [1.29, 1.82) is 0 Å². The molecule has 0 saturated heterocycles. The lowest BCUT2D eigenvalue weighted by molar-refractivity contribution is 1.10. The zero-order chi connectivity index (χ0) is 12.4. The molecule has 3 heteroatoms. The summed E-state index contributed by atoms with van der Waals surface area (Å²) >= 11 is 0. The van der Waals surface area contributed by atoms with Gasteiger partial charge in [-0.3, -0.25) is 5.10 Å². The molecule has 18 heavy (non-hydrogen) atoms. The Bertz CT molecular complexity index is 656. The van der Waals surface area contributed by atoms with Crippen LogP contribution >= 0.6 is 0 Å². The highest BCUT2D eigenvalue weighted by Gasteiger charge is 2.04. The highest BCUT2D eigenvalue weighted by atomic mass is 15.2. The molecule has 3 N–H and O–H groups in total. The molecule has 0 saturated carbocycles. The van der Waals surface area contributed by atoms with Crippen LogP contribution in [0.1, 0.15) is 0 Å². The topological polar surface area (TPSA) is 54.7 Å². The van der Waals surface area contributed by atoms with Gasteiger partial charge in [-0.1, -0.05) is 48.5 Å². The zero-order valence-electron chi connectivity index (χ0n) is 9.80. The molecule has 1 heterocycles. The van der Waals surface area contributed by atoms with Crippen LogP contribution in [0.3, 0.4) is 0 Å². The molecule has 0 bridgehead atoms. The first-order chi connectivity index (χ1) is 8.83. The molecule has 0 atom stereocenters. The van der Waals surface area contributed by atoms with Crippen molar-refractivity contribution in [1.82, 2.24) is 10.2 Å². The Balaban J connectivity index is 2.05. The number of hydrogen-bond donors (Lipinski definition) is 2. The maximum absolute atomic E-state index is 5.65. The predicted molar refractivity (Wildman–Crippen MR) is 73.9 cm³/mol. The molecule has 3 nitrogen and oxygen atoms in total. The minimum atomic E-state index is 0.579. The summed E-state index contributed by atoms with van der Waals surface area (Å²) < 4.78 is 0. The van der Waals surface area contributed by atoms with E-state index in [9.17, 15) is 0 Å². The van der Waals surface area contributed by atoms with Crippen molar-refractivity contribution in [3.63, 3.8) is 0 Å². The molecule has 0 spiro atoms. The van der Waals surface area contributed by atoms with Gasteiger partial charge in [0.1, 0.15) is 5.82 Å². The van der Waals surface area contributed by atoms with E-state index in [1.54, 1.807) is 0 Å². The van der Waals surface area contributed by atoms with E-state index in [0.717, 1.165) is 11.3 Å². The van der Waals surface area contributed by atoms with Crippen molar-refractivity contribution < 1.29 is 0 Å². The second-order valence-electron chi connectivity index (χ2n) is 4.16. The lowest BCUT2D eigenvalue weighted by atomic mass is 10.0. The maximum atomic E-state index is 5.65. The van der Waals surface area contributed by atoms with Gasteiger partial charge in [-0.05, 0) is 17.2 Å². The largest absolute Gasteiger partial charge is 0.384 e. The van der Waals surface area contributed by atoms with Crippen LogP contribution in [0.2, 0.25) is 0 Å². The standard InChI is InChI=1S/C15H13N3/c16-15-10-14(17-18-15)13-8-4-7-12(9-13)11-5-2-1-3-6-11/h1-10H,(H3,16,17,18). The van der Waals surface area contributed by atoms with Crippen LogP contribution in [0.4, 0.5) is 5.82 Å². The minimum absolute atomic E-state index is 0.579. The van der Waals surface area contributed by atoms with Crippen LogP contribution in [0.15, 0.2) is 60.7 Å². The second kappa shape index (κ2) is 4.37. The molecule has 0 aliphatic heterocycles. The van der Waals surface area contributed by atoms with Gasteiger partial charge in [-0.2, -0.15) is 5.10 Å². The van der Waals surface area contributed by atoms with E-state index in [2.05, 4.69) is 34.5 Å². The Morgan fingerprint density at radius 1 is 0.778 bits per heavy atom. The van der Waals surface area contributed by atoms with Gasteiger partial charge in [0.15, 0.2) is 0 Å². The van der Waals surface area contributed by atoms with Crippen molar-refractivity contribution in [2.75, 3.05) is 5.73 Å². The Labute approximate surface area is 105 Å². The Morgan fingerprint density at radius 3 is 2.22 bits per heavy atom. The number of nitrogen functional groups attached to an aromatic ring is 1. The van der Waals surface area contributed by atoms with Gasteiger partial charge in [-0.25, -0.2) is 0 Å². The molecule has 2 aromatic carbocycles. The number of hydrogen-bond acceptors (Lipinski definition) is 2. The molecular formula is C15H13N3. The fourth-order valence-corrected chi connectivity index (χ4v) is 1.97. The van der Waals surface area contributed by atoms with E-state index < -0.39 is 0 Å². The molecule has 88 valence electrons. The van der Waals surface area contributed by atoms with E-state index in [1.165, 1.54) is 11.1 Å². The van der Waals surface area contributed by atoms with Gasteiger partial charge < -0.3 is 5.73 Å². The van der Waals surface area contributed by atoms with E-state index >= 15 is 0 Å². The SMILES string of the molecule is Nc1cc(-c2cccc(-c3ccccc3)c2)n[nH]1. The fourth-order valence-electron chi connectivity index (χ4n) is 1.97. The average Bonchev–Trinajstić information content (AvgIpc) is 2.87. The summed E-state index contributed by atoms with van der Waals surface area (Å²) in [5, 5.41) is 6.92. The number of anilines is 1. The van der Waals surface area contributed by atoms with Crippen LogP contribution in [-0.2, 0) is 0 Å². The number of nitrogens with zero attached hydrogens (tertiary/aromatic N) is 1. The van der Waals surface area contributed by atoms with Crippen LogP contribution in [0.25, 0.3) is 22.4 Å². The summed E-state index contributed by atoms with van der Waals surface area (Å²) in [5.41, 5.74) is 9.95. The Kier molecular flexibility index (Phi) is 2.57. The van der Waals surface area contributed by atoms with Gasteiger partial charge in [0, 0.05) is 11.6 Å². The molecule has 1 aromatic heterocycles. The van der Waals surface area contributed by atoms with Crippen molar-refractivity contribution >= 4 is 5.82 Å². The van der Waals surface area contributed by atoms with E-state index in [1.807, 2.05) is 36.4 Å². The number of rotatable bonds is 2. The molecule has 0 fully saturated rings. The summed E-state index contributed by atoms with van der Waals surface area (Å²) in [6, 6.07) is 20.4. The van der Waals surface area contributed by atoms with Crippen LogP contribution in [-0.4, -0.2) is 10.2 Å². The average molecular weight is 235 g/mol. The first-order valence-electron chi connectivity index (χ1n) is 5.80. The Hall–Kier alpha value is -2.55. The lowest BCUT2D eigenvalue weighted by Gasteiger charge is -2.03. The third-order valence-corrected chi connectivity index (χ3v) is 2.86. The van der Waals surface area contributed by atoms with Crippen molar-refractivity contribution in [3.05, 3.63) is 60.7 Å². The number of benzene rings is 2. The first-order valence-corrected chi connectivity index (χ1v) is 5.80. The molecule has 0 aliphatic carbocycles. The number of nitrogens with two attached hydrogens (primary N) is 1. The van der Waals surface area contributed by atoms with Crippen LogP contribution < -0.4 is 5.73 Å². The molecule has 0 amide bonds. The van der Waals surface area contributed by atoms with Gasteiger partial charge in [0.05, 0.1) is 5.69 Å². The summed E-state index contributed by atoms with van der Waals surface area (Å²) in [4.78, 5) is 0. The lowest BCUT2D eigenvalue weighted by Crippen LogP contribution is -1.81. The third-order valence-electron chi connectivity index (χ3n) is 2.86.